The lowest BCUT2D eigenvalue weighted by atomic mass is 10.3. The molecule has 0 spiro atoms. The van der Waals surface area contributed by atoms with Crippen molar-refractivity contribution in [2.24, 2.45) is 0 Å². The Morgan fingerprint density at radius 3 is 2.85 bits per heavy atom. The summed E-state index contributed by atoms with van der Waals surface area (Å²) in [4.78, 5) is 0. The van der Waals surface area contributed by atoms with Crippen molar-refractivity contribution in [3.63, 3.8) is 0 Å². The van der Waals surface area contributed by atoms with Crippen molar-refractivity contribution in [2.75, 3.05) is 29.5 Å². The molecule has 0 aliphatic carbocycles. The summed E-state index contributed by atoms with van der Waals surface area (Å²) in [6.07, 6.45) is 0.591. The number of hydrogen-bond acceptors (Lipinski definition) is 7. The summed E-state index contributed by atoms with van der Waals surface area (Å²) in [6.45, 7) is 2.55. The second kappa shape index (κ2) is 9.05. The van der Waals surface area contributed by atoms with E-state index in [1.807, 2.05) is 0 Å². The van der Waals surface area contributed by atoms with Gasteiger partial charge in [-0.25, -0.2) is 22.7 Å². The number of halogens is 2. The fourth-order valence-corrected chi connectivity index (χ4v) is 2.94. The summed E-state index contributed by atoms with van der Waals surface area (Å²) < 4.78 is 39.9. The average Bonchev–Trinajstić information content (AvgIpc) is 3.06. The predicted molar refractivity (Wildman–Crippen MR) is 101 cm³/mol. The molecule has 12 heteroatoms. The molecule has 0 aliphatic heterocycles. The normalized spacial score (nSPS) is 13.2. The zero-order chi connectivity index (χ0) is 19.2. The predicted octanol–water partition coefficient (Wildman–Crippen LogP) is 2.78. The zero-order valence-corrected chi connectivity index (χ0v) is 16.3. The van der Waals surface area contributed by atoms with Crippen LogP contribution < -0.4 is 15.4 Å². The van der Waals surface area contributed by atoms with Crippen LogP contribution in [0.25, 0.3) is 0 Å². The van der Waals surface area contributed by atoms with E-state index in [0.717, 1.165) is 0 Å². The molecule has 1 atom stereocenters. The number of aromatic nitrogens is 2. The molecule has 1 unspecified atom stereocenters. The van der Waals surface area contributed by atoms with Gasteiger partial charge in [-0.05, 0) is 50.9 Å². The van der Waals surface area contributed by atoms with Crippen LogP contribution in [0.4, 0.5) is 15.9 Å². The van der Waals surface area contributed by atoms with Crippen LogP contribution in [-0.2, 0) is 9.92 Å². The van der Waals surface area contributed by atoms with Crippen LogP contribution in [0.5, 0.6) is 0 Å². The molecule has 0 amide bonds. The number of benzene rings is 1. The van der Waals surface area contributed by atoms with Gasteiger partial charge in [-0.2, -0.15) is 0 Å². The van der Waals surface area contributed by atoms with Crippen molar-refractivity contribution in [2.45, 2.75) is 13.3 Å². The Morgan fingerprint density at radius 2 is 2.15 bits per heavy atom. The monoisotopic (exact) mass is 447 g/mol. The van der Waals surface area contributed by atoms with Gasteiger partial charge in [0.05, 0.1) is 4.47 Å². The maximum absolute atomic E-state index is 13.3. The highest BCUT2D eigenvalue weighted by Gasteiger charge is 2.15. The van der Waals surface area contributed by atoms with Gasteiger partial charge >= 0.3 is 0 Å². The molecule has 0 saturated carbocycles. The summed E-state index contributed by atoms with van der Waals surface area (Å²) >= 11 is 3.08. The first kappa shape index (κ1) is 20.3. The minimum absolute atomic E-state index is 0.0643. The maximum Gasteiger partial charge on any atom is 0.202 e. The third-order valence-electron chi connectivity index (χ3n) is 3.30. The molecular formula is C14H19BrFN7O2S. The molecule has 0 bridgehead atoms. The zero-order valence-electron chi connectivity index (χ0n) is 13.9. The van der Waals surface area contributed by atoms with E-state index in [2.05, 4.69) is 46.2 Å². The van der Waals surface area contributed by atoms with Gasteiger partial charge in [0.15, 0.2) is 11.5 Å². The van der Waals surface area contributed by atoms with Crippen LogP contribution in [-0.4, -0.2) is 39.2 Å². The quantitative estimate of drug-likeness (QED) is 0.227. The molecule has 0 saturated heterocycles. The standard InChI is InChI=1S/C14H19BrFN7O2S/c1-2-26(18,24)20-7-3-6-19-14-12(22-25-23-14)13(17)21-9-4-5-11(16)10(15)8-9/h4-5,8H,2-3,6-7H2,1H3,(H2,17,21)(H,19,23)(H2,18,20,24). The van der Waals surface area contributed by atoms with Gasteiger partial charge in [0.25, 0.3) is 0 Å². The van der Waals surface area contributed by atoms with E-state index in [1.54, 1.807) is 6.92 Å². The molecule has 1 aromatic carbocycles. The van der Waals surface area contributed by atoms with Gasteiger partial charge in [0.2, 0.25) is 5.82 Å². The lowest BCUT2D eigenvalue weighted by Crippen LogP contribution is -2.26. The number of anilines is 2. The Morgan fingerprint density at radius 1 is 1.38 bits per heavy atom. The van der Waals surface area contributed by atoms with E-state index in [4.69, 9.17) is 10.2 Å². The van der Waals surface area contributed by atoms with Crippen LogP contribution in [0.3, 0.4) is 0 Å². The summed E-state index contributed by atoms with van der Waals surface area (Å²) in [5.74, 6) is 0.0669. The van der Waals surface area contributed by atoms with Gasteiger partial charge < -0.3 is 10.6 Å². The number of amidine groups is 1. The Balaban J connectivity index is 1.88. The second-order valence-corrected chi connectivity index (χ2v) is 8.30. The van der Waals surface area contributed by atoms with Crippen LogP contribution in [0.1, 0.15) is 19.0 Å². The van der Waals surface area contributed by atoms with Crippen molar-refractivity contribution >= 4 is 43.2 Å². The first-order valence-corrected chi connectivity index (χ1v) is 10.2. The fraction of sp³-hybridized carbons (Fsp3) is 0.357. The smallest absolute Gasteiger partial charge is 0.202 e. The van der Waals surface area contributed by atoms with E-state index < -0.39 is 15.7 Å². The molecule has 2 aromatic rings. The Bertz CT molecular complexity index is 872. The summed E-state index contributed by atoms with van der Waals surface area (Å²) in [7, 11) is -2.72. The fourth-order valence-electron chi connectivity index (χ4n) is 1.88. The topological polar surface area (TPSA) is 140 Å². The first-order chi connectivity index (χ1) is 12.3. The average molecular weight is 448 g/mol. The summed E-state index contributed by atoms with van der Waals surface area (Å²) in [5, 5.41) is 21.2. The molecule has 2 rings (SSSR count). The third kappa shape index (κ3) is 5.75. The molecular weight excluding hydrogens is 429 g/mol. The van der Waals surface area contributed by atoms with Gasteiger partial charge in [-0.15, -0.1) is 0 Å². The highest BCUT2D eigenvalue weighted by atomic mass is 79.9. The molecule has 0 fully saturated rings. The molecule has 142 valence electrons. The summed E-state index contributed by atoms with van der Waals surface area (Å²) in [6, 6.07) is 4.27. The van der Waals surface area contributed by atoms with E-state index in [9.17, 15) is 8.60 Å². The SMILES string of the molecule is CCS(=N)(=O)NCCCNc1nonc1C(=N)Nc1ccc(F)c(Br)c1. The molecule has 1 aromatic heterocycles. The van der Waals surface area contributed by atoms with Crippen LogP contribution >= 0.6 is 15.9 Å². The van der Waals surface area contributed by atoms with Crippen molar-refractivity contribution < 1.29 is 13.2 Å². The van der Waals surface area contributed by atoms with Crippen molar-refractivity contribution in [3.05, 3.63) is 34.2 Å². The van der Waals surface area contributed by atoms with Gasteiger partial charge in [0.1, 0.15) is 15.7 Å². The number of nitrogens with zero attached hydrogens (tertiary/aromatic N) is 2. The highest BCUT2D eigenvalue weighted by molar-refractivity contribution is 9.10. The van der Waals surface area contributed by atoms with E-state index in [-0.39, 0.29) is 27.6 Å². The van der Waals surface area contributed by atoms with Crippen molar-refractivity contribution in [3.8, 4) is 0 Å². The Hall–Kier alpha value is -2.05. The third-order valence-corrected chi connectivity index (χ3v) is 5.39. The molecule has 26 heavy (non-hydrogen) atoms. The second-order valence-electron chi connectivity index (χ2n) is 5.23. The number of hydrogen-bond donors (Lipinski definition) is 5. The molecule has 0 aliphatic rings. The molecule has 5 N–H and O–H groups in total. The Kier molecular flexibility index (Phi) is 7.06. The molecule has 9 nitrogen and oxygen atoms in total. The van der Waals surface area contributed by atoms with E-state index in [1.165, 1.54) is 18.2 Å². The van der Waals surface area contributed by atoms with Gasteiger partial charge in [-0.1, -0.05) is 6.92 Å². The molecule has 1 heterocycles. The largest absolute Gasteiger partial charge is 0.365 e. The van der Waals surface area contributed by atoms with E-state index in [0.29, 0.717) is 25.2 Å². The maximum atomic E-state index is 13.3. The van der Waals surface area contributed by atoms with Crippen molar-refractivity contribution in [1.29, 1.82) is 10.2 Å². The van der Waals surface area contributed by atoms with Crippen LogP contribution in [0.2, 0.25) is 0 Å². The minimum Gasteiger partial charge on any atom is -0.365 e. The van der Waals surface area contributed by atoms with Crippen molar-refractivity contribution in [1.82, 2.24) is 15.0 Å². The highest BCUT2D eigenvalue weighted by Crippen LogP contribution is 2.21. The van der Waals surface area contributed by atoms with Gasteiger partial charge in [-0.3, -0.25) is 5.41 Å². The summed E-state index contributed by atoms with van der Waals surface area (Å²) in [5.41, 5.74) is 0.683. The number of nitrogens with one attached hydrogen (secondary N) is 5. The van der Waals surface area contributed by atoms with Crippen LogP contribution in [0, 0.1) is 16.0 Å². The lowest BCUT2D eigenvalue weighted by Gasteiger charge is -2.09. The van der Waals surface area contributed by atoms with E-state index >= 15 is 0 Å². The molecule has 0 radical (unpaired) electrons. The van der Waals surface area contributed by atoms with Gasteiger partial charge in [0, 0.05) is 24.5 Å². The van der Waals surface area contributed by atoms with Crippen LogP contribution in [0.15, 0.2) is 27.3 Å². The number of rotatable bonds is 9. The lowest BCUT2D eigenvalue weighted by molar-refractivity contribution is 0.307. The first-order valence-electron chi connectivity index (χ1n) is 7.71. The minimum atomic E-state index is -2.72. The Labute approximate surface area is 158 Å².